The summed E-state index contributed by atoms with van der Waals surface area (Å²) in [6, 6.07) is -7.02. The van der Waals surface area contributed by atoms with Crippen LogP contribution in [0.5, 0.6) is 11.5 Å². The lowest BCUT2D eigenvalue weighted by Crippen LogP contribution is -2.51. The number of methoxy groups -OCH3 is 2. The van der Waals surface area contributed by atoms with Crippen molar-refractivity contribution in [2.24, 2.45) is 23.4 Å². The molecule has 1 aromatic rings. The van der Waals surface area contributed by atoms with E-state index in [0.29, 0.717) is 6.92 Å². The summed E-state index contributed by atoms with van der Waals surface area (Å²) in [4.78, 5) is 13.6. The van der Waals surface area contributed by atoms with Gasteiger partial charge < -0.3 is 19.9 Å². The van der Waals surface area contributed by atoms with Crippen molar-refractivity contribution < 1.29 is 43.7 Å². The molecule has 0 aromatic heterocycles. The molecule has 30 heavy (non-hydrogen) atoms. The van der Waals surface area contributed by atoms with Gasteiger partial charge in [0.2, 0.25) is 0 Å². The molecule has 0 spiro atoms. The Kier molecular flexibility index (Phi) is 2.86. The Bertz CT molecular complexity index is 1460. The smallest absolute Gasteiger partial charge is 0.323 e. The van der Waals surface area contributed by atoms with E-state index in [4.69, 9.17) is 35.0 Å². The minimum atomic E-state index is -4.30. The Morgan fingerprint density at radius 3 is 2.90 bits per heavy atom. The van der Waals surface area contributed by atoms with Crippen LogP contribution in [0, 0.1) is 17.7 Å². The van der Waals surface area contributed by atoms with E-state index in [1.165, 1.54) is 13.8 Å². The zero-order valence-corrected chi connectivity index (χ0v) is 17.2. The van der Waals surface area contributed by atoms with Gasteiger partial charge in [-0.15, -0.1) is 0 Å². The molecule has 6 nitrogen and oxygen atoms in total. The number of ether oxygens (including phenoxy) is 3. The zero-order chi connectivity index (χ0) is 37.8. The van der Waals surface area contributed by atoms with Gasteiger partial charge in [0.15, 0.2) is 11.5 Å². The van der Waals surface area contributed by atoms with Crippen molar-refractivity contribution in [3.63, 3.8) is 0 Å². The van der Waals surface area contributed by atoms with Crippen LogP contribution in [-0.4, -0.2) is 50.2 Å². The maximum Gasteiger partial charge on any atom is 0.323 e. The predicted octanol–water partition coefficient (Wildman–Crippen LogP) is 3.56. The molecule has 1 aromatic carbocycles. The molecule has 0 amide bonds. The molecular weight excluding hydrogens is 380 g/mol. The highest BCUT2D eigenvalue weighted by atomic mass is 16.5. The number of esters is 1. The molecule has 2 aliphatic heterocycles. The van der Waals surface area contributed by atoms with Crippen molar-refractivity contribution >= 4 is 5.97 Å². The van der Waals surface area contributed by atoms with Crippen LogP contribution < -0.4 is 15.2 Å². The molecule has 0 saturated carbocycles. The molecule has 5 atom stereocenters. The molecule has 1 fully saturated rings. The number of nitrogens with zero attached hydrogens (tertiary/aromatic N) is 1. The van der Waals surface area contributed by atoms with Gasteiger partial charge in [-0.3, -0.25) is 9.69 Å². The van der Waals surface area contributed by atoms with Crippen molar-refractivity contribution in [1.29, 1.82) is 0 Å². The second-order valence-electron chi connectivity index (χ2n) is 7.20. The lowest BCUT2D eigenvalue weighted by atomic mass is 9.79. The summed E-state index contributed by atoms with van der Waals surface area (Å²) in [5, 5.41) is 0. The van der Waals surface area contributed by atoms with E-state index >= 15 is 0 Å². The molecule has 0 radical (unpaired) electrons. The third-order valence-corrected chi connectivity index (χ3v) is 4.62. The molecule has 6 heteroatoms. The number of nitrogens with two attached hydrogens (primary N) is 1. The normalized spacial score (nSPS) is 47.7. The highest BCUT2D eigenvalue weighted by Crippen LogP contribution is 2.44. The Hall–Kier alpha value is -1.79. The quantitative estimate of drug-likeness (QED) is 0.659. The molecule has 2 aliphatic rings. The van der Waals surface area contributed by atoms with E-state index < -0.39 is 117 Å². The molecule has 0 bridgehead atoms. The first-order valence-electron chi connectivity index (χ1n) is 18.4. The van der Waals surface area contributed by atoms with Crippen molar-refractivity contribution in [1.82, 2.24) is 4.90 Å². The second-order valence-corrected chi connectivity index (χ2v) is 7.20. The van der Waals surface area contributed by atoms with E-state index in [1.807, 2.05) is 0 Å². The summed E-state index contributed by atoms with van der Waals surface area (Å²) in [5.74, 6) is -11.8. The van der Waals surface area contributed by atoms with Gasteiger partial charge >= 0.3 is 5.97 Å². The second kappa shape index (κ2) is 9.56. The summed E-state index contributed by atoms with van der Waals surface area (Å²) >= 11 is 0. The summed E-state index contributed by atoms with van der Waals surface area (Å²) in [7, 11) is -2.28. The molecule has 2 heterocycles. The van der Waals surface area contributed by atoms with Crippen LogP contribution >= 0.6 is 0 Å². The SMILES string of the molecule is [2H]c1c2c(c([2H])c(OC([2H])([2H])[2H])c1OC)C1([2H])N(CC2)C([2H])([2H])C([2H])(C([2H])([2H])C([2H])(C)C([2H])([2H])[2H])C([2H])(OC(=O)[C@@H](N)C(C)C)C1([2H])[2H]. The van der Waals surface area contributed by atoms with Crippen molar-refractivity contribution in [3.05, 3.63) is 23.2 Å². The number of benzene rings is 1. The molecule has 1 saturated heterocycles. The number of rotatable bonds is 7. The Morgan fingerprint density at radius 2 is 2.23 bits per heavy atom. The van der Waals surface area contributed by atoms with Gasteiger partial charge in [-0.05, 0) is 47.8 Å². The number of fused-ring (bicyclic) bond motifs is 3. The topological polar surface area (TPSA) is 74.0 Å². The molecular formula is C24H38N2O4. The number of hydrogen-bond acceptors (Lipinski definition) is 6. The Balaban J connectivity index is 2.62. The first-order valence-corrected chi connectivity index (χ1v) is 9.36. The fourth-order valence-electron chi connectivity index (χ4n) is 2.96. The Labute approximate surface area is 206 Å². The number of carbonyl (C=O) groups excluding carboxylic acids is 1. The molecule has 168 valence electrons. The zero-order valence-electron chi connectivity index (χ0n) is 35.2. The van der Waals surface area contributed by atoms with Gasteiger partial charge in [0.1, 0.15) is 12.1 Å². The van der Waals surface area contributed by atoms with Crippen LogP contribution in [0.15, 0.2) is 12.1 Å². The van der Waals surface area contributed by atoms with Crippen molar-refractivity contribution in [3.8, 4) is 11.5 Å². The molecule has 3 rings (SSSR count). The summed E-state index contributed by atoms with van der Waals surface area (Å²) in [5.41, 5.74) is 4.59. The first kappa shape index (κ1) is 8.99. The summed E-state index contributed by atoms with van der Waals surface area (Å²) in [6.07, 6.45) is -13.0. The van der Waals surface area contributed by atoms with Crippen molar-refractivity contribution in [2.75, 3.05) is 27.2 Å². The van der Waals surface area contributed by atoms with Crippen LogP contribution in [-0.2, 0) is 16.0 Å². The van der Waals surface area contributed by atoms with Gasteiger partial charge in [0, 0.05) is 46.4 Å². The van der Waals surface area contributed by atoms with Crippen LogP contribution in [0.2, 0.25) is 0 Å². The number of carbonyl (C=O) groups is 1. The van der Waals surface area contributed by atoms with E-state index in [0.717, 1.165) is 7.11 Å². The van der Waals surface area contributed by atoms with E-state index in [2.05, 4.69) is 0 Å². The maximum absolute atomic E-state index is 13.4. The molecule has 2 N–H and O–H groups in total. The van der Waals surface area contributed by atoms with E-state index in [1.54, 1.807) is 0 Å². The summed E-state index contributed by atoms with van der Waals surface area (Å²) in [6.45, 7) is -5.08. The number of hydrogen-bond donors (Lipinski definition) is 1. The van der Waals surface area contributed by atoms with Crippen LogP contribution in [0.1, 0.15) is 82.2 Å². The van der Waals surface area contributed by atoms with Gasteiger partial charge in [-0.1, -0.05) is 27.6 Å². The summed E-state index contributed by atoms with van der Waals surface area (Å²) < 4.78 is 171. The van der Waals surface area contributed by atoms with Gasteiger partial charge in [0.25, 0.3) is 0 Å². The minimum Gasteiger partial charge on any atom is -0.493 e. The highest BCUT2D eigenvalue weighted by Gasteiger charge is 2.41. The standard InChI is InChI=1S/C24H38N2O4/c1-14(2)9-17-13-26-8-7-16-10-21(28-5)22(29-6)11-18(16)19(26)12-20(17)30-24(27)23(25)15(3)4/h10-11,14-15,17,19-20,23H,7-9,12-13,25H2,1-6H3/t17?,19?,20?,23-/m0/s1/i1D3,6D3,9D2,10D,11D,12D2,13D2,14D,17D,19D,20D/t14?,17?,19?,20?,23-. The minimum absolute atomic E-state index is 0.231. The third kappa shape index (κ3) is 4.75. The van der Waals surface area contributed by atoms with Crippen LogP contribution in [0.25, 0.3) is 0 Å². The highest BCUT2D eigenvalue weighted by molar-refractivity contribution is 5.76. The van der Waals surface area contributed by atoms with E-state index in [9.17, 15) is 14.4 Å². The fourth-order valence-corrected chi connectivity index (χ4v) is 2.96. The fraction of sp³-hybridized carbons (Fsp3) is 0.708. The molecule has 4 unspecified atom stereocenters. The molecule has 0 aliphatic carbocycles. The maximum atomic E-state index is 13.4. The first-order chi connectivity index (χ1) is 21.2. The van der Waals surface area contributed by atoms with E-state index in [-0.39, 0.29) is 10.5 Å². The van der Waals surface area contributed by atoms with Crippen LogP contribution in [0.4, 0.5) is 0 Å². The van der Waals surface area contributed by atoms with Crippen molar-refractivity contribution in [2.45, 2.75) is 64.9 Å². The monoisotopic (exact) mass is 436 g/mol. The van der Waals surface area contributed by atoms with Gasteiger partial charge in [0.05, 0.1) is 23.7 Å². The van der Waals surface area contributed by atoms with Gasteiger partial charge in [-0.2, -0.15) is 0 Å². The Morgan fingerprint density at radius 1 is 1.47 bits per heavy atom. The average Bonchev–Trinajstić information content (AvgIpc) is 2.92. The lowest BCUT2D eigenvalue weighted by molar-refractivity contribution is -0.160. The average molecular weight is 437 g/mol. The third-order valence-electron chi connectivity index (χ3n) is 4.62. The van der Waals surface area contributed by atoms with Crippen LogP contribution in [0.3, 0.4) is 0 Å². The number of piperidine rings is 1. The van der Waals surface area contributed by atoms with Gasteiger partial charge in [-0.25, -0.2) is 0 Å². The lowest BCUT2D eigenvalue weighted by Gasteiger charge is -2.47. The largest absolute Gasteiger partial charge is 0.493 e. The predicted molar refractivity (Wildman–Crippen MR) is 118 cm³/mol.